The van der Waals surface area contributed by atoms with Gasteiger partial charge >= 0.3 is 64.2 Å². The quantitative estimate of drug-likeness (QED) is 0.650. The van der Waals surface area contributed by atoms with Gasteiger partial charge in [0.05, 0.1) is 21.4 Å². The van der Waals surface area contributed by atoms with Crippen LogP contribution in [0.4, 0.5) is 11.4 Å². The van der Waals surface area contributed by atoms with E-state index in [0.29, 0.717) is 27.2 Å². The monoisotopic (exact) mass is 381 g/mol. The van der Waals surface area contributed by atoms with Crippen molar-refractivity contribution in [1.29, 1.82) is 0 Å². The normalized spacial score (nSPS) is 9.55. The second-order valence-electron chi connectivity index (χ2n) is 3.81. The third-order valence-corrected chi connectivity index (χ3v) is 2.99. The van der Waals surface area contributed by atoms with Gasteiger partial charge in [0.25, 0.3) is 0 Å². The van der Waals surface area contributed by atoms with E-state index in [1.54, 1.807) is 36.4 Å². The van der Waals surface area contributed by atoms with E-state index in [-0.39, 0.29) is 65.6 Å². The fourth-order valence-corrected chi connectivity index (χ4v) is 2.06. The van der Waals surface area contributed by atoms with Crippen LogP contribution in [0.1, 0.15) is 8.35 Å². The summed E-state index contributed by atoms with van der Waals surface area (Å²) >= 11 is 12.2. The first kappa shape index (κ1) is 18.1. The molecule has 2 aromatic rings. The van der Waals surface area contributed by atoms with E-state index in [9.17, 15) is 4.79 Å². The van der Waals surface area contributed by atoms with Gasteiger partial charge in [-0.2, -0.15) is 0 Å². The van der Waals surface area contributed by atoms with Gasteiger partial charge < -0.3 is 11.5 Å². The zero-order valence-corrected chi connectivity index (χ0v) is 17.5. The van der Waals surface area contributed by atoms with Crippen molar-refractivity contribution in [3.05, 3.63) is 52.5 Å². The van der Waals surface area contributed by atoms with Crippen LogP contribution < -0.4 is 68.2 Å². The minimum atomic E-state index is -0.389. The van der Waals surface area contributed by atoms with E-state index in [4.69, 9.17) is 27.9 Å². The van der Waals surface area contributed by atoms with Crippen molar-refractivity contribution in [3.8, 4) is 5.75 Å². The van der Waals surface area contributed by atoms with Crippen molar-refractivity contribution in [2.75, 3.05) is 5.32 Å². The van der Waals surface area contributed by atoms with Crippen LogP contribution in [0, 0.1) is 0 Å². The Labute approximate surface area is 177 Å². The van der Waals surface area contributed by atoms with Crippen molar-refractivity contribution in [2.45, 2.75) is 6.92 Å². The number of halogens is 2. The fourth-order valence-electron chi connectivity index (χ4n) is 1.57. The maximum Gasteiger partial charge on any atom is 1.00 e. The van der Waals surface area contributed by atoms with Crippen LogP contribution in [-0.4, -0.2) is 5.97 Å². The minimum Gasteiger partial charge on any atom is -1.00 e. The van der Waals surface area contributed by atoms with Gasteiger partial charge in [-0.3, -0.25) is 4.79 Å². The molecule has 100 valence electrons. The predicted molar refractivity (Wildman–Crippen MR) is 78.6 cm³/mol. The van der Waals surface area contributed by atoms with Crippen LogP contribution in [0.3, 0.4) is 0 Å². The molecule has 0 aliphatic heterocycles. The molecule has 0 bridgehead atoms. The molecule has 2 aromatic carbocycles. The van der Waals surface area contributed by atoms with Crippen LogP contribution in [0.2, 0.25) is 10.0 Å². The molecule has 0 unspecified atom stereocenters. The summed E-state index contributed by atoms with van der Waals surface area (Å²) in [5.74, 6) is 0.0329. The molecule has 2 rings (SSSR count). The summed E-state index contributed by atoms with van der Waals surface area (Å²) in [4.78, 5) is 11.0. The molecule has 1 N–H and O–H groups in total. The zero-order valence-electron chi connectivity index (χ0n) is 12.1. The van der Waals surface area contributed by atoms with Crippen molar-refractivity contribution in [2.24, 2.45) is 0 Å². The molecule has 0 heterocycles. The number of anilines is 2. The van der Waals surface area contributed by atoms with Crippen LogP contribution in [0.25, 0.3) is 0 Å². The molecule has 0 atom stereocenters. The molecular weight excluding hydrogens is 371 g/mol. The third kappa shape index (κ3) is 4.83. The Kier molecular flexibility index (Phi) is 7.73. The molecule has 6 heteroatoms. The molecule has 0 saturated carbocycles. The van der Waals surface area contributed by atoms with E-state index in [1.807, 2.05) is 6.07 Å². The largest absolute Gasteiger partial charge is 1.00 e. The van der Waals surface area contributed by atoms with Crippen molar-refractivity contribution < 1.29 is 69.1 Å². The first-order valence-corrected chi connectivity index (χ1v) is 6.32. The van der Waals surface area contributed by atoms with Crippen molar-refractivity contribution in [3.63, 3.8) is 0 Å². The van der Waals surface area contributed by atoms with Gasteiger partial charge in [-0.15, -0.1) is 0 Å². The second kappa shape index (κ2) is 8.52. The summed E-state index contributed by atoms with van der Waals surface area (Å²) in [6.07, 6.45) is 0. The van der Waals surface area contributed by atoms with Crippen molar-refractivity contribution in [1.82, 2.24) is 0 Å². The van der Waals surface area contributed by atoms with E-state index in [0.717, 1.165) is 0 Å². The summed E-state index contributed by atoms with van der Waals surface area (Å²) in [6, 6.07) is 12.3. The zero-order chi connectivity index (χ0) is 13.8. The number of nitrogens with one attached hydrogen (secondary N) is 1. The van der Waals surface area contributed by atoms with Gasteiger partial charge in [0.15, 0.2) is 5.75 Å². The number of esters is 1. The maximum absolute atomic E-state index is 11.0. The van der Waals surface area contributed by atoms with E-state index < -0.39 is 0 Å². The van der Waals surface area contributed by atoms with Crippen LogP contribution in [0.15, 0.2) is 42.5 Å². The van der Waals surface area contributed by atoms with E-state index in [1.165, 1.54) is 6.92 Å². The number of carbonyl (C=O) groups is 1. The summed E-state index contributed by atoms with van der Waals surface area (Å²) in [7, 11) is 0. The smallest absolute Gasteiger partial charge is 1.00 e. The topological polar surface area (TPSA) is 38.3 Å². The molecule has 0 fully saturated rings. The molecule has 0 aliphatic carbocycles. The van der Waals surface area contributed by atoms with Gasteiger partial charge in [-0.1, -0.05) is 41.4 Å². The minimum absolute atomic E-state index is 0. The first-order valence-electron chi connectivity index (χ1n) is 5.56. The van der Waals surface area contributed by atoms with Gasteiger partial charge in [-0.05, 0) is 24.3 Å². The average molecular weight is 383 g/mol. The molecule has 0 amide bonds. The Morgan fingerprint density at radius 3 is 2.30 bits per heavy atom. The Morgan fingerprint density at radius 1 is 1.10 bits per heavy atom. The number of hydrogen-bond donors (Lipinski definition) is 1. The Balaban J connectivity index is 0.00000200. The summed E-state index contributed by atoms with van der Waals surface area (Å²) in [5.41, 5.74) is 1.19. The first-order chi connectivity index (χ1) is 9.08. The molecule has 0 radical (unpaired) electrons. The second-order valence-corrected chi connectivity index (χ2v) is 4.63. The van der Waals surface area contributed by atoms with E-state index >= 15 is 0 Å². The Hall–Kier alpha value is 0.0952. The number of hydrogen-bond acceptors (Lipinski definition) is 3. The van der Waals surface area contributed by atoms with Gasteiger partial charge in [0, 0.05) is 6.92 Å². The molecule has 0 aromatic heterocycles. The standard InChI is InChI=1S/C14H11Cl2NO2.Rb.H/c1-9(18)19-13-8-3-2-7-12(13)17-14-10(15)5-4-6-11(14)16;;/h2-8,17H,1H3;;/q;+1;-1. The Bertz CT molecular complexity index is 605. The van der Waals surface area contributed by atoms with Crippen LogP contribution >= 0.6 is 23.2 Å². The Morgan fingerprint density at radius 2 is 1.70 bits per heavy atom. The molecular formula is C14H12Cl2NO2Rb. The van der Waals surface area contributed by atoms with E-state index in [2.05, 4.69) is 5.32 Å². The number of rotatable bonds is 3. The number of benzene rings is 2. The van der Waals surface area contributed by atoms with Crippen LogP contribution in [0.5, 0.6) is 5.75 Å². The molecule has 20 heavy (non-hydrogen) atoms. The van der Waals surface area contributed by atoms with Crippen LogP contribution in [-0.2, 0) is 4.79 Å². The molecule has 3 nitrogen and oxygen atoms in total. The third-order valence-electron chi connectivity index (χ3n) is 2.36. The molecule has 0 saturated heterocycles. The summed E-state index contributed by atoms with van der Waals surface area (Å²) < 4.78 is 5.11. The van der Waals surface area contributed by atoms with Crippen molar-refractivity contribution >= 4 is 40.5 Å². The number of para-hydroxylation sites is 3. The summed E-state index contributed by atoms with van der Waals surface area (Å²) in [6.45, 7) is 1.35. The van der Waals surface area contributed by atoms with Gasteiger partial charge in [-0.25, -0.2) is 0 Å². The maximum atomic E-state index is 11.0. The molecule has 0 aliphatic rings. The average Bonchev–Trinajstić information content (AvgIpc) is 2.35. The number of ether oxygens (including phenoxy) is 1. The fraction of sp³-hybridized carbons (Fsp3) is 0.0714. The van der Waals surface area contributed by atoms with Gasteiger partial charge in [0.2, 0.25) is 0 Å². The molecule has 0 spiro atoms. The SMILES string of the molecule is CC(=O)Oc1ccccc1Nc1c(Cl)cccc1Cl.[H-].[Rb+]. The number of carbonyl (C=O) groups excluding carboxylic acids is 1. The summed E-state index contributed by atoms with van der Waals surface area (Å²) in [5, 5.41) is 4.06. The predicted octanol–water partition coefficient (Wildman–Crippen LogP) is 1.78. The van der Waals surface area contributed by atoms with Gasteiger partial charge in [0.1, 0.15) is 0 Å².